The molecule has 2 N–H and O–H groups in total. The summed E-state index contributed by atoms with van der Waals surface area (Å²) in [5.74, 6) is -0.614. The highest BCUT2D eigenvalue weighted by molar-refractivity contribution is 6.13. The highest BCUT2D eigenvalue weighted by Gasteiger charge is 2.10. The average molecular weight is 329 g/mol. The number of hydrogen-bond donors (Lipinski definition) is 2. The number of fused-ring (bicyclic) bond motifs is 1. The van der Waals surface area contributed by atoms with Gasteiger partial charge < -0.3 is 10.6 Å². The van der Waals surface area contributed by atoms with Crippen LogP contribution < -0.4 is 10.6 Å². The molecule has 0 radical (unpaired) electrons. The fourth-order valence-electron chi connectivity index (χ4n) is 2.57. The number of nitrogens with one attached hydrogen (secondary N) is 2. The molecule has 3 rings (SSSR count). The lowest BCUT2D eigenvalue weighted by Crippen LogP contribution is -2.13. The zero-order valence-electron chi connectivity index (χ0n) is 13.3. The number of benzene rings is 3. The SMILES string of the molecule is N#CCC(=O)Nc1cccc(NC(=O)c2cccc3ccccc23)c1. The van der Waals surface area contributed by atoms with E-state index in [2.05, 4.69) is 10.6 Å². The molecule has 122 valence electrons. The molecular formula is C20H15N3O2. The summed E-state index contributed by atoms with van der Waals surface area (Å²) in [4.78, 5) is 24.1. The van der Waals surface area contributed by atoms with Gasteiger partial charge in [-0.15, -0.1) is 0 Å². The molecule has 0 aliphatic carbocycles. The standard InChI is InChI=1S/C20H15N3O2/c21-12-11-19(24)22-15-7-4-8-16(13-15)23-20(25)18-10-3-6-14-5-1-2-9-17(14)18/h1-10,13H,11H2,(H,22,24)(H,23,25). The molecule has 5 nitrogen and oxygen atoms in total. The molecular weight excluding hydrogens is 314 g/mol. The van der Waals surface area contributed by atoms with Gasteiger partial charge in [-0.05, 0) is 35.0 Å². The van der Waals surface area contributed by atoms with E-state index in [0.29, 0.717) is 16.9 Å². The van der Waals surface area contributed by atoms with Gasteiger partial charge in [0.25, 0.3) is 5.91 Å². The van der Waals surface area contributed by atoms with Crippen molar-refractivity contribution in [1.29, 1.82) is 5.26 Å². The molecule has 0 aliphatic heterocycles. The van der Waals surface area contributed by atoms with Gasteiger partial charge in [-0.2, -0.15) is 5.26 Å². The molecule has 0 saturated heterocycles. The zero-order chi connectivity index (χ0) is 17.6. The summed E-state index contributed by atoms with van der Waals surface area (Å²) in [5, 5.41) is 15.9. The Balaban J connectivity index is 1.81. The minimum absolute atomic E-state index is 0.216. The highest BCUT2D eigenvalue weighted by Crippen LogP contribution is 2.21. The molecule has 0 spiro atoms. The van der Waals surface area contributed by atoms with Crippen LogP contribution in [0.25, 0.3) is 10.8 Å². The molecule has 25 heavy (non-hydrogen) atoms. The van der Waals surface area contributed by atoms with Crippen molar-refractivity contribution in [1.82, 2.24) is 0 Å². The molecule has 0 fully saturated rings. The van der Waals surface area contributed by atoms with Crippen LogP contribution >= 0.6 is 0 Å². The van der Waals surface area contributed by atoms with Crippen LogP contribution in [0.2, 0.25) is 0 Å². The minimum Gasteiger partial charge on any atom is -0.325 e. The maximum absolute atomic E-state index is 12.6. The van der Waals surface area contributed by atoms with Crippen molar-refractivity contribution < 1.29 is 9.59 Å². The van der Waals surface area contributed by atoms with Gasteiger partial charge in [0.2, 0.25) is 5.91 Å². The first-order chi connectivity index (χ1) is 12.2. The summed E-state index contributed by atoms with van der Waals surface area (Å²) < 4.78 is 0. The summed E-state index contributed by atoms with van der Waals surface area (Å²) in [6.45, 7) is 0. The molecule has 3 aromatic rings. The van der Waals surface area contributed by atoms with Crippen molar-refractivity contribution in [2.75, 3.05) is 10.6 Å². The van der Waals surface area contributed by atoms with Crippen molar-refractivity contribution in [2.45, 2.75) is 6.42 Å². The number of nitriles is 1. The average Bonchev–Trinajstić information content (AvgIpc) is 2.61. The monoisotopic (exact) mass is 329 g/mol. The molecule has 3 aromatic carbocycles. The predicted octanol–water partition coefficient (Wildman–Crippen LogP) is 3.94. The lowest BCUT2D eigenvalue weighted by atomic mass is 10.0. The Morgan fingerprint density at radius 3 is 2.36 bits per heavy atom. The smallest absolute Gasteiger partial charge is 0.256 e. The highest BCUT2D eigenvalue weighted by atomic mass is 16.2. The second kappa shape index (κ2) is 7.28. The molecule has 2 amide bonds. The molecule has 0 saturated carbocycles. The largest absolute Gasteiger partial charge is 0.325 e. The summed E-state index contributed by atoms with van der Waals surface area (Å²) in [6, 6.07) is 21.9. The molecule has 0 heterocycles. The third-order valence-electron chi connectivity index (χ3n) is 3.68. The normalized spacial score (nSPS) is 10.0. The van der Waals surface area contributed by atoms with Crippen molar-refractivity contribution in [3.05, 3.63) is 72.3 Å². The van der Waals surface area contributed by atoms with E-state index in [1.807, 2.05) is 36.4 Å². The van der Waals surface area contributed by atoms with Gasteiger partial charge in [0.1, 0.15) is 6.42 Å². The van der Waals surface area contributed by atoms with E-state index in [4.69, 9.17) is 5.26 Å². The van der Waals surface area contributed by atoms with Gasteiger partial charge in [-0.1, -0.05) is 42.5 Å². The van der Waals surface area contributed by atoms with Crippen LogP contribution in [0.15, 0.2) is 66.7 Å². The Labute approximate surface area is 144 Å². The second-order valence-corrected chi connectivity index (χ2v) is 5.44. The van der Waals surface area contributed by atoms with Gasteiger partial charge in [-0.3, -0.25) is 9.59 Å². The van der Waals surface area contributed by atoms with Crippen molar-refractivity contribution >= 4 is 34.0 Å². The Morgan fingerprint density at radius 2 is 1.56 bits per heavy atom. The second-order valence-electron chi connectivity index (χ2n) is 5.44. The predicted molar refractivity (Wildman–Crippen MR) is 97.2 cm³/mol. The minimum atomic E-state index is -0.389. The summed E-state index contributed by atoms with van der Waals surface area (Å²) in [5.41, 5.74) is 1.67. The molecule has 5 heteroatoms. The first-order valence-corrected chi connectivity index (χ1v) is 7.73. The zero-order valence-corrected chi connectivity index (χ0v) is 13.3. The Kier molecular flexibility index (Phi) is 4.72. The van der Waals surface area contributed by atoms with E-state index in [-0.39, 0.29) is 18.2 Å². The molecule has 0 bridgehead atoms. The van der Waals surface area contributed by atoms with Crippen LogP contribution in [-0.4, -0.2) is 11.8 Å². The van der Waals surface area contributed by atoms with Crippen LogP contribution in [0.5, 0.6) is 0 Å². The Hall–Kier alpha value is -3.65. The number of amides is 2. The van der Waals surface area contributed by atoms with Crippen molar-refractivity contribution in [3.63, 3.8) is 0 Å². The maximum atomic E-state index is 12.6. The van der Waals surface area contributed by atoms with Crippen molar-refractivity contribution in [2.24, 2.45) is 0 Å². The van der Waals surface area contributed by atoms with Crippen LogP contribution in [0.4, 0.5) is 11.4 Å². The van der Waals surface area contributed by atoms with Gasteiger partial charge in [0, 0.05) is 16.9 Å². The summed E-state index contributed by atoms with van der Waals surface area (Å²) >= 11 is 0. The molecule has 0 aliphatic rings. The van der Waals surface area contributed by atoms with E-state index >= 15 is 0 Å². The fourth-order valence-corrected chi connectivity index (χ4v) is 2.57. The molecule has 0 unspecified atom stereocenters. The van der Waals surface area contributed by atoms with E-state index in [9.17, 15) is 9.59 Å². The van der Waals surface area contributed by atoms with E-state index < -0.39 is 0 Å². The van der Waals surface area contributed by atoms with Crippen LogP contribution in [0.1, 0.15) is 16.8 Å². The van der Waals surface area contributed by atoms with E-state index in [1.54, 1.807) is 36.4 Å². The van der Waals surface area contributed by atoms with E-state index in [1.165, 1.54) is 0 Å². The van der Waals surface area contributed by atoms with Crippen molar-refractivity contribution in [3.8, 4) is 6.07 Å². The van der Waals surface area contributed by atoms with Crippen LogP contribution in [0.3, 0.4) is 0 Å². The fraction of sp³-hybridized carbons (Fsp3) is 0.0500. The maximum Gasteiger partial charge on any atom is 0.256 e. The topological polar surface area (TPSA) is 82.0 Å². The summed E-state index contributed by atoms with van der Waals surface area (Å²) in [6.07, 6.45) is -0.216. The lowest BCUT2D eigenvalue weighted by Gasteiger charge is -2.10. The van der Waals surface area contributed by atoms with Crippen LogP contribution in [0, 0.1) is 11.3 Å². The van der Waals surface area contributed by atoms with Gasteiger partial charge in [0.15, 0.2) is 0 Å². The summed E-state index contributed by atoms with van der Waals surface area (Å²) in [7, 11) is 0. The lowest BCUT2D eigenvalue weighted by molar-refractivity contribution is -0.115. The first-order valence-electron chi connectivity index (χ1n) is 7.73. The number of carbonyl (C=O) groups is 2. The third-order valence-corrected chi connectivity index (χ3v) is 3.68. The number of rotatable bonds is 4. The van der Waals surface area contributed by atoms with E-state index in [0.717, 1.165) is 10.8 Å². The number of nitrogens with zero attached hydrogens (tertiary/aromatic N) is 1. The number of anilines is 2. The number of hydrogen-bond acceptors (Lipinski definition) is 3. The van der Waals surface area contributed by atoms with Crippen LogP contribution in [-0.2, 0) is 4.79 Å². The van der Waals surface area contributed by atoms with Gasteiger partial charge in [0.05, 0.1) is 6.07 Å². The molecule has 0 aromatic heterocycles. The Bertz CT molecular complexity index is 984. The number of carbonyl (C=O) groups excluding carboxylic acids is 2. The van der Waals surface area contributed by atoms with Gasteiger partial charge >= 0.3 is 0 Å². The quantitative estimate of drug-likeness (QED) is 0.760. The van der Waals surface area contributed by atoms with Gasteiger partial charge in [-0.25, -0.2) is 0 Å². The third kappa shape index (κ3) is 3.82. The Morgan fingerprint density at radius 1 is 0.880 bits per heavy atom. The first kappa shape index (κ1) is 16.2. The molecule has 0 atom stereocenters.